The fourth-order valence-electron chi connectivity index (χ4n) is 2.73. The lowest BCUT2D eigenvalue weighted by Crippen LogP contribution is -2.08. The first kappa shape index (κ1) is 22.5. The van der Waals surface area contributed by atoms with Gasteiger partial charge in [0.15, 0.2) is 5.78 Å². The van der Waals surface area contributed by atoms with Crippen LogP contribution in [0.4, 0.5) is 0 Å². The standard InChI is InChI=1S/C16H18Cl2O4.C4H8/c1-2-4-9-7-10-8-11(22-6-3-5-12(19)20)14(17)15(18)13(10)16(9)21;1-3-4-2/h8-9H,2-7H2,1H3,(H,19,20);3-4H,1-2H3/b;4-3-. The second-order valence-electron chi connectivity index (χ2n) is 6.10. The van der Waals surface area contributed by atoms with Crippen molar-refractivity contribution in [2.75, 3.05) is 6.61 Å². The summed E-state index contributed by atoms with van der Waals surface area (Å²) in [7, 11) is 0. The van der Waals surface area contributed by atoms with Crippen molar-refractivity contribution in [2.24, 2.45) is 5.92 Å². The highest BCUT2D eigenvalue weighted by Gasteiger charge is 2.34. The summed E-state index contributed by atoms with van der Waals surface area (Å²) in [5.74, 6) is -0.424. The topological polar surface area (TPSA) is 63.6 Å². The minimum Gasteiger partial charge on any atom is -0.492 e. The van der Waals surface area contributed by atoms with Crippen LogP contribution in [0.15, 0.2) is 18.2 Å². The Hall–Kier alpha value is -1.52. The van der Waals surface area contributed by atoms with E-state index in [1.165, 1.54) is 0 Å². The van der Waals surface area contributed by atoms with Crippen molar-refractivity contribution in [3.05, 3.63) is 39.4 Å². The van der Waals surface area contributed by atoms with E-state index in [0.29, 0.717) is 24.2 Å². The lowest BCUT2D eigenvalue weighted by atomic mass is 10.00. The molecule has 0 saturated heterocycles. The van der Waals surface area contributed by atoms with Crippen LogP contribution < -0.4 is 4.74 Å². The van der Waals surface area contributed by atoms with E-state index in [1.807, 2.05) is 32.9 Å². The molecule has 0 saturated carbocycles. The zero-order valence-electron chi connectivity index (χ0n) is 15.5. The van der Waals surface area contributed by atoms with Gasteiger partial charge in [0.2, 0.25) is 0 Å². The number of ether oxygens (including phenoxy) is 1. The number of allylic oxidation sites excluding steroid dienone is 2. The van der Waals surface area contributed by atoms with Crippen molar-refractivity contribution in [1.82, 2.24) is 0 Å². The van der Waals surface area contributed by atoms with Gasteiger partial charge in [-0.15, -0.1) is 0 Å². The third-order valence-corrected chi connectivity index (χ3v) is 4.95. The molecule has 1 unspecified atom stereocenters. The molecule has 26 heavy (non-hydrogen) atoms. The monoisotopic (exact) mass is 400 g/mol. The molecule has 0 radical (unpaired) electrons. The molecule has 0 spiro atoms. The Morgan fingerprint density at radius 3 is 2.50 bits per heavy atom. The fourth-order valence-corrected chi connectivity index (χ4v) is 3.25. The normalized spacial score (nSPS) is 15.6. The summed E-state index contributed by atoms with van der Waals surface area (Å²) < 4.78 is 5.53. The highest BCUT2D eigenvalue weighted by Crippen LogP contribution is 2.43. The second-order valence-corrected chi connectivity index (χ2v) is 6.86. The van der Waals surface area contributed by atoms with Crippen molar-refractivity contribution < 1.29 is 19.4 Å². The van der Waals surface area contributed by atoms with Gasteiger partial charge in [0.1, 0.15) is 10.8 Å². The van der Waals surface area contributed by atoms with Crippen LogP contribution in [0.3, 0.4) is 0 Å². The molecule has 0 aliphatic heterocycles. The van der Waals surface area contributed by atoms with Gasteiger partial charge in [-0.25, -0.2) is 0 Å². The fraction of sp³-hybridized carbons (Fsp3) is 0.500. The van der Waals surface area contributed by atoms with Crippen LogP contribution in [0.25, 0.3) is 0 Å². The Morgan fingerprint density at radius 2 is 1.96 bits per heavy atom. The largest absolute Gasteiger partial charge is 0.492 e. The summed E-state index contributed by atoms with van der Waals surface area (Å²) >= 11 is 12.4. The predicted octanol–water partition coefficient (Wildman–Crippen LogP) is 5.97. The van der Waals surface area contributed by atoms with Crippen molar-refractivity contribution in [3.8, 4) is 5.75 Å². The molecule has 0 heterocycles. The average molecular weight is 401 g/mol. The molecule has 6 heteroatoms. The van der Waals surface area contributed by atoms with Crippen LogP contribution in [0.5, 0.6) is 5.75 Å². The number of halogens is 2. The maximum atomic E-state index is 12.4. The zero-order chi connectivity index (χ0) is 19.7. The van der Waals surface area contributed by atoms with Gasteiger partial charge >= 0.3 is 5.97 Å². The minimum atomic E-state index is -0.866. The smallest absolute Gasteiger partial charge is 0.303 e. The molecular formula is C20H26Cl2O4. The highest BCUT2D eigenvalue weighted by atomic mass is 35.5. The molecule has 1 aliphatic rings. The molecule has 1 aromatic rings. The average Bonchev–Trinajstić information content (AvgIpc) is 2.92. The molecule has 4 nitrogen and oxygen atoms in total. The summed E-state index contributed by atoms with van der Waals surface area (Å²) in [4.78, 5) is 22.8. The van der Waals surface area contributed by atoms with E-state index in [-0.39, 0.29) is 34.8 Å². The molecule has 1 aliphatic carbocycles. The Morgan fingerprint density at radius 1 is 1.31 bits per heavy atom. The van der Waals surface area contributed by atoms with Crippen LogP contribution in [-0.4, -0.2) is 23.5 Å². The number of carboxylic acids is 1. The number of Topliss-reactive ketones (excluding diaryl/α,β-unsaturated/α-hetero) is 1. The lowest BCUT2D eigenvalue weighted by molar-refractivity contribution is -0.137. The summed E-state index contributed by atoms with van der Waals surface area (Å²) in [5, 5.41) is 9.07. The Bertz CT molecular complexity index is 664. The first-order valence-electron chi connectivity index (χ1n) is 8.84. The first-order chi connectivity index (χ1) is 12.4. The third-order valence-electron chi connectivity index (χ3n) is 4.10. The van der Waals surface area contributed by atoms with Crippen LogP contribution in [-0.2, 0) is 11.2 Å². The number of hydrogen-bond acceptors (Lipinski definition) is 3. The number of carboxylic acid groups (broad SMARTS) is 1. The van der Waals surface area contributed by atoms with Gasteiger partial charge in [0, 0.05) is 17.9 Å². The second kappa shape index (κ2) is 11.2. The minimum absolute atomic E-state index is 0.0316. The molecule has 1 N–H and O–H groups in total. The van der Waals surface area contributed by atoms with E-state index in [1.54, 1.807) is 6.07 Å². The van der Waals surface area contributed by atoms with E-state index >= 15 is 0 Å². The van der Waals surface area contributed by atoms with E-state index in [9.17, 15) is 9.59 Å². The van der Waals surface area contributed by atoms with Crippen molar-refractivity contribution >= 4 is 35.0 Å². The number of carbonyl (C=O) groups excluding carboxylic acids is 1. The number of fused-ring (bicyclic) bond motifs is 1. The molecule has 144 valence electrons. The van der Waals surface area contributed by atoms with Crippen LogP contribution in [0, 0.1) is 5.92 Å². The Balaban J connectivity index is 0.000000765. The summed E-state index contributed by atoms with van der Waals surface area (Å²) in [6, 6.07) is 1.76. The molecule has 0 bridgehead atoms. The summed E-state index contributed by atoms with van der Waals surface area (Å²) in [5.41, 5.74) is 1.38. The van der Waals surface area contributed by atoms with E-state index in [2.05, 4.69) is 0 Å². The van der Waals surface area contributed by atoms with Gasteiger partial charge in [0.25, 0.3) is 0 Å². The SMILES string of the molecule is C/C=C\C.CCCC1Cc2cc(OCCCC(=O)O)c(Cl)c(Cl)c2C1=O. The van der Waals surface area contributed by atoms with Gasteiger partial charge in [-0.2, -0.15) is 0 Å². The van der Waals surface area contributed by atoms with Crippen LogP contribution in [0.1, 0.15) is 62.4 Å². The quantitative estimate of drug-likeness (QED) is 0.451. The number of benzene rings is 1. The maximum absolute atomic E-state index is 12.4. The molecule has 2 rings (SSSR count). The van der Waals surface area contributed by atoms with Gasteiger partial charge in [0.05, 0.1) is 11.6 Å². The van der Waals surface area contributed by atoms with E-state index in [0.717, 1.165) is 18.4 Å². The zero-order valence-corrected chi connectivity index (χ0v) is 17.0. The number of hydrogen-bond donors (Lipinski definition) is 1. The third kappa shape index (κ3) is 6.03. The number of aliphatic carboxylic acids is 1. The molecular weight excluding hydrogens is 375 g/mol. The van der Waals surface area contributed by atoms with Crippen molar-refractivity contribution in [1.29, 1.82) is 0 Å². The van der Waals surface area contributed by atoms with E-state index < -0.39 is 5.97 Å². The van der Waals surface area contributed by atoms with Gasteiger partial charge in [-0.3, -0.25) is 9.59 Å². The van der Waals surface area contributed by atoms with Gasteiger partial charge < -0.3 is 9.84 Å². The predicted molar refractivity (Wildman–Crippen MR) is 106 cm³/mol. The lowest BCUT2D eigenvalue weighted by Gasteiger charge is -2.11. The van der Waals surface area contributed by atoms with Gasteiger partial charge in [-0.1, -0.05) is 48.7 Å². The highest BCUT2D eigenvalue weighted by molar-refractivity contribution is 6.45. The van der Waals surface area contributed by atoms with Crippen LogP contribution in [0.2, 0.25) is 10.0 Å². The molecule has 0 amide bonds. The number of rotatable bonds is 7. The maximum Gasteiger partial charge on any atom is 0.303 e. The Labute approximate surface area is 165 Å². The number of ketones is 1. The number of carbonyl (C=O) groups is 2. The van der Waals surface area contributed by atoms with E-state index in [4.69, 9.17) is 33.0 Å². The van der Waals surface area contributed by atoms with Crippen molar-refractivity contribution in [3.63, 3.8) is 0 Å². The first-order valence-corrected chi connectivity index (χ1v) is 9.59. The summed E-state index contributed by atoms with van der Waals surface area (Å²) in [6.07, 6.45) is 6.85. The summed E-state index contributed by atoms with van der Waals surface area (Å²) in [6.45, 7) is 6.29. The molecule has 0 aromatic heterocycles. The van der Waals surface area contributed by atoms with Crippen LogP contribution >= 0.6 is 23.2 Å². The molecule has 1 atom stereocenters. The van der Waals surface area contributed by atoms with Gasteiger partial charge in [-0.05, 0) is 44.7 Å². The van der Waals surface area contributed by atoms with Crippen molar-refractivity contribution in [2.45, 2.75) is 52.9 Å². The Kier molecular flexibility index (Phi) is 9.74. The molecule has 1 aromatic carbocycles. The molecule has 0 fully saturated rings.